The Kier molecular flexibility index (Phi) is 5.12. The van der Waals surface area contributed by atoms with Crippen LogP contribution in [0.3, 0.4) is 0 Å². The molecule has 0 aromatic heterocycles. The summed E-state index contributed by atoms with van der Waals surface area (Å²) in [5.74, 6) is 0. The topological polar surface area (TPSA) is 12.4 Å². The third-order valence-electron chi connectivity index (χ3n) is 0.323. The molecule has 0 aromatic rings. The third-order valence-corrected chi connectivity index (χ3v) is 3.64. The van der Waals surface area contributed by atoms with Gasteiger partial charge >= 0.3 is 8.69 Å². The Morgan fingerprint density at radius 1 is 1.62 bits per heavy atom. The molecule has 0 heterocycles. The number of hydrogen-bond donors (Lipinski definition) is 0. The van der Waals surface area contributed by atoms with E-state index in [0.717, 1.165) is 11.4 Å². The van der Waals surface area contributed by atoms with E-state index in [2.05, 4.69) is 4.52 Å². The molecule has 0 rings (SSSR count). The van der Waals surface area contributed by atoms with Crippen LogP contribution in [0.25, 0.3) is 0 Å². The van der Waals surface area contributed by atoms with Crippen LogP contribution < -0.4 is 0 Å². The van der Waals surface area contributed by atoms with Crippen molar-refractivity contribution in [3.63, 3.8) is 0 Å². The van der Waals surface area contributed by atoms with Crippen molar-refractivity contribution in [3.8, 4) is 0 Å². The highest BCUT2D eigenvalue weighted by atomic mass is 32.7. The Hall–Kier alpha value is 0.800. The first-order valence-corrected chi connectivity index (χ1v) is 5.91. The number of nitrogens with zero attached hydrogens (tertiary/aromatic N) is 1. The van der Waals surface area contributed by atoms with E-state index in [1.54, 1.807) is 0 Å². The minimum absolute atomic E-state index is 0.758. The molecule has 0 N–H and O–H groups in total. The molecule has 0 aliphatic carbocycles. The second kappa shape index (κ2) is 4.66. The maximum absolute atomic E-state index is 11.8. The Bertz CT molecular complexity index is 95.3. The summed E-state index contributed by atoms with van der Waals surface area (Å²) in [5.41, 5.74) is 0. The zero-order valence-electron chi connectivity index (χ0n) is 3.94. The van der Waals surface area contributed by atoms with E-state index in [1.807, 2.05) is 0 Å². The molecule has 1 unspecified atom stereocenters. The molecule has 0 amide bonds. The molecule has 1 atom stereocenters. The maximum atomic E-state index is 11.8. The predicted molar refractivity (Wildman–Crippen MR) is 34.5 cm³/mol. The molecule has 0 bridgehead atoms. The summed E-state index contributed by atoms with van der Waals surface area (Å²) in [6.07, 6.45) is 1.43. The predicted octanol–water partition coefficient (Wildman–Crippen LogP) is 3.71. The second-order valence-electron chi connectivity index (χ2n) is 0.772. The quantitative estimate of drug-likeness (QED) is 0.591. The fourth-order valence-electron chi connectivity index (χ4n) is 0.100. The molecule has 0 aliphatic heterocycles. The smallest absolute Gasteiger partial charge is 0.201 e. The molecule has 0 spiro atoms. The van der Waals surface area contributed by atoms with Gasteiger partial charge in [0.25, 0.3) is 0 Å². The lowest BCUT2D eigenvalue weighted by Crippen LogP contribution is -1.36. The summed E-state index contributed by atoms with van der Waals surface area (Å²) in [4.78, 5) is 0. The van der Waals surface area contributed by atoms with Gasteiger partial charge in [-0.2, -0.15) is 12.9 Å². The molecule has 0 saturated heterocycles. The van der Waals surface area contributed by atoms with Crippen LogP contribution in [-0.2, 0) is 0 Å². The van der Waals surface area contributed by atoms with Crippen molar-refractivity contribution < 1.29 is 12.6 Å². The monoisotopic (exact) mass is 181 g/mol. The largest absolute Gasteiger partial charge is 0.394 e. The van der Waals surface area contributed by atoms with E-state index in [-0.39, 0.29) is 0 Å². The van der Waals surface area contributed by atoms with Gasteiger partial charge in [0.2, 0.25) is 0 Å². The molecular formula is CH4F3NP2S. The highest BCUT2D eigenvalue weighted by Gasteiger charge is 2.00. The van der Waals surface area contributed by atoms with Crippen LogP contribution in [0.1, 0.15) is 0 Å². The van der Waals surface area contributed by atoms with Crippen molar-refractivity contribution in [3.05, 3.63) is 0 Å². The highest BCUT2D eigenvalue weighted by molar-refractivity contribution is 8.50. The summed E-state index contributed by atoms with van der Waals surface area (Å²) >= 11 is 0.758. The van der Waals surface area contributed by atoms with Gasteiger partial charge in [0.05, 0.1) is 0 Å². The van der Waals surface area contributed by atoms with E-state index in [1.165, 1.54) is 6.26 Å². The van der Waals surface area contributed by atoms with Crippen molar-refractivity contribution in [1.82, 2.24) is 0 Å². The molecule has 0 fully saturated rings. The van der Waals surface area contributed by atoms with Gasteiger partial charge in [-0.15, -0.1) is 0 Å². The van der Waals surface area contributed by atoms with Crippen molar-refractivity contribution in [1.29, 1.82) is 0 Å². The van der Waals surface area contributed by atoms with E-state index >= 15 is 0 Å². The van der Waals surface area contributed by atoms with Crippen LogP contribution >= 0.6 is 27.3 Å². The van der Waals surface area contributed by atoms with Crippen molar-refractivity contribution >= 4 is 27.3 Å². The molecule has 7 heteroatoms. The van der Waals surface area contributed by atoms with Crippen LogP contribution in [0.2, 0.25) is 0 Å². The van der Waals surface area contributed by atoms with E-state index in [0.29, 0.717) is 0 Å². The fraction of sp³-hybridized carbons (Fsp3) is 1.00. The molecule has 0 radical (unpaired) electrons. The van der Waals surface area contributed by atoms with Crippen LogP contribution in [0.4, 0.5) is 12.6 Å². The second-order valence-corrected chi connectivity index (χ2v) is 5.15. The minimum Gasteiger partial charge on any atom is -0.201 e. The standard InChI is InChI=1S/CH4F3NP2S/c1-8-7(4)5-6(2)3/h7H,1H3. The van der Waals surface area contributed by atoms with E-state index in [4.69, 9.17) is 0 Å². The molecule has 0 aliphatic rings. The summed E-state index contributed by atoms with van der Waals surface area (Å²) in [6, 6.07) is 0. The summed E-state index contributed by atoms with van der Waals surface area (Å²) in [6.45, 7) is 0. The van der Waals surface area contributed by atoms with Gasteiger partial charge in [0, 0.05) is 0 Å². The SMILES string of the molecule is CS/[PH](F)=N\P(F)F. The van der Waals surface area contributed by atoms with Gasteiger partial charge in [-0.05, 0) is 6.26 Å². The van der Waals surface area contributed by atoms with Crippen LogP contribution in [-0.4, -0.2) is 6.26 Å². The molecule has 8 heavy (non-hydrogen) atoms. The Morgan fingerprint density at radius 2 is 2.12 bits per heavy atom. The molecule has 0 aromatic carbocycles. The summed E-state index contributed by atoms with van der Waals surface area (Å²) < 4.78 is 36.6. The first kappa shape index (κ1) is 8.80. The third kappa shape index (κ3) is 4.95. The van der Waals surface area contributed by atoms with Gasteiger partial charge in [-0.1, -0.05) is 11.4 Å². The normalized spacial score (nSPS) is 15.1. The summed E-state index contributed by atoms with van der Waals surface area (Å²) in [7, 11) is -5.98. The first-order valence-electron chi connectivity index (χ1n) is 1.56. The Balaban J connectivity index is 3.56. The first-order chi connectivity index (χ1) is 3.66. The lowest BCUT2D eigenvalue weighted by molar-refractivity contribution is 0.747. The van der Waals surface area contributed by atoms with Crippen molar-refractivity contribution in [2.24, 2.45) is 4.52 Å². The minimum atomic E-state index is -3.37. The molecule has 1 nitrogen and oxygen atoms in total. The van der Waals surface area contributed by atoms with Gasteiger partial charge in [-0.3, -0.25) is 0 Å². The maximum Gasteiger partial charge on any atom is 0.394 e. The summed E-state index contributed by atoms with van der Waals surface area (Å²) in [5, 5.41) is 0. The average Bonchev–Trinajstić information content (AvgIpc) is 1.65. The van der Waals surface area contributed by atoms with Crippen molar-refractivity contribution in [2.75, 3.05) is 6.26 Å². The molecular weight excluding hydrogens is 177 g/mol. The van der Waals surface area contributed by atoms with Gasteiger partial charge in [0.15, 0.2) is 7.23 Å². The average molecular weight is 181 g/mol. The van der Waals surface area contributed by atoms with Crippen LogP contribution in [0.5, 0.6) is 0 Å². The Labute approximate surface area is 51.4 Å². The highest BCUT2D eigenvalue weighted by Crippen LogP contribution is 2.53. The van der Waals surface area contributed by atoms with Gasteiger partial charge in [-0.25, -0.2) is 4.20 Å². The van der Waals surface area contributed by atoms with E-state index < -0.39 is 15.9 Å². The number of halogens is 3. The van der Waals surface area contributed by atoms with E-state index in [9.17, 15) is 12.6 Å². The zero-order valence-corrected chi connectivity index (χ0v) is 6.65. The van der Waals surface area contributed by atoms with Crippen molar-refractivity contribution in [2.45, 2.75) is 0 Å². The van der Waals surface area contributed by atoms with Crippen LogP contribution in [0.15, 0.2) is 4.52 Å². The van der Waals surface area contributed by atoms with Gasteiger partial charge < -0.3 is 0 Å². The molecule has 0 saturated carbocycles. The lowest BCUT2D eigenvalue weighted by atomic mass is 12.0. The number of rotatable bonds is 2. The van der Waals surface area contributed by atoms with Crippen LogP contribution in [0, 0.1) is 0 Å². The molecule has 50 valence electrons. The van der Waals surface area contributed by atoms with Gasteiger partial charge in [0.1, 0.15) is 0 Å². The lowest BCUT2D eigenvalue weighted by Gasteiger charge is -1.87. The Morgan fingerprint density at radius 3 is 2.25 bits per heavy atom. The fourth-order valence-corrected chi connectivity index (χ4v) is 2.19. The zero-order chi connectivity index (χ0) is 6.57. The number of hydrogen-bond acceptors (Lipinski definition) is 2.